The summed E-state index contributed by atoms with van der Waals surface area (Å²) in [4.78, 5) is 0.854. The Morgan fingerprint density at radius 3 is 2.89 bits per heavy atom. The molecule has 1 aromatic heterocycles. The van der Waals surface area contributed by atoms with E-state index in [-0.39, 0.29) is 0 Å². The standard InChI is InChI=1S/C10H14N6O.C2H6/c11-10(14-15-12)4-2-7-1-3-9-8(5-7)6-13-16(9)17;1-2/h1,3,5-6,15,17H,2,4,12H2,(H2,11,14);1-2H3. The molecule has 1 heterocycles. The van der Waals surface area contributed by atoms with E-state index in [0.29, 0.717) is 17.8 Å². The van der Waals surface area contributed by atoms with Crippen LogP contribution in [0.1, 0.15) is 25.8 Å². The summed E-state index contributed by atoms with van der Waals surface area (Å²) in [6.45, 7) is 4.00. The maximum absolute atomic E-state index is 9.33. The van der Waals surface area contributed by atoms with Crippen LogP contribution in [-0.4, -0.2) is 21.0 Å². The van der Waals surface area contributed by atoms with Gasteiger partial charge in [-0.1, -0.05) is 19.9 Å². The Hall–Kier alpha value is -2.28. The molecule has 2 aromatic rings. The Labute approximate surface area is 111 Å². The molecule has 0 saturated heterocycles. The van der Waals surface area contributed by atoms with Crippen LogP contribution < -0.4 is 17.1 Å². The van der Waals surface area contributed by atoms with Crippen molar-refractivity contribution >= 4 is 16.7 Å². The molecule has 2 rings (SSSR count). The number of aromatic nitrogens is 2. The van der Waals surface area contributed by atoms with Gasteiger partial charge < -0.3 is 10.9 Å². The van der Waals surface area contributed by atoms with Gasteiger partial charge in [-0.25, -0.2) is 11.4 Å². The third-order valence-electron chi connectivity index (χ3n) is 2.49. The monoisotopic (exact) mass is 264 g/mol. The van der Waals surface area contributed by atoms with Crippen LogP contribution in [0.5, 0.6) is 0 Å². The van der Waals surface area contributed by atoms with Gasteiger partial charge in [-0.3, -0.25) is 0 Å². The molecule has 0 unspecified atom stereocenters. The van der Waals surface area contributed by atoms with Crippen LogP contribution in [-0.2, 0) is 6.42 Å². The molecule has 19 heavy (non-hydrogen) atoms. The molecule has 0 bridgehead atoms. The minimum Gasteiger partial charge on any atom is -0.411 e. The molecule has 0 spiro atoms. The first kappa shape index (κ1) is 14.8. The predicted octanol–water partition coefficient (Wildman–Crippen LogP) is 0.968. The lowest BCUT2D eigenvalue weighted by molar-refractivity contribution is 0.161. The van der Waals surface area contributed by atoms with Gasteiger partial charge in [0.05, 0.1) is 6.20 Å². The van der Waals surface area contributed by atoms with Gasteiger partial charge >= 0.3 is 0 Å². The zero-order chi connectivity index (χ0) is 14.3. The smallest absolute Gasteiger partial charge is 0.121 e. The van der Waals surface area contributed by atoms with Gasteiger partial charge in [-0.2, -0.15) is 5.10 Å². The van der Waals surface area contributed by atoms with Gasteiger partial charge in [-0.15, -0.1) is 9.94 Å². The topological polar surface area (TPSA) is 114 Å². The minimum absolute atomic E-state index is 0.449. The maximum atomic E-state index is 9.33. The van der Waals surface area contributed by atoms with Crippen molar-refractivity contribution in [2.45, 2.75) is 26.7 Å². The summed E-state index contributed by atoms with van der Waals surface area (Å²) in [6.07, 6.45) is 2.98. The molecular formula is C12H20N6O. The van der Waals surface area contributed by atoms with Gasteiger partial charge in [0.2, 0.25) is 0 Å². The molecular weight excluding hydrogens is 244 g/mol. The van der Waals surface area contributed by atoms with Gasteiger partial charge in [-0.05, 0) is 24.1 Å². The van der Waals surface area contributed by atoms with Crippen LogP contribution in [0.25, 0.3) is 10.9 Å². The second-order valence-electron chi connectivity index (χ2n) is 3.66. The zero-order valence-electron chi connectivity index (χ0n) is 11.2. The van der Waals surface area contributed by atoms with Crippen LogP contribution >= 0.6 is 0 Å². The van der Waals surface area contributed by atoms with Gasteiger partial charge in [0, 0.05) is 11.8 Å². The summed E-state index contributed by atoms with van der Waals surface area (Å²) < 4.78 is 0. The number of hydrogen-bond acceptors (Lipinski definition) is 5. The average molecular weight is 264 g/mol. The molecule has 0 amide bonds. The van der Waals surface area contributed by atoms with E-state index in [0.717, 1.165) is 22.2 Å². The summed E-state index contributed by atoms with van der Waals surface area (Å²) in [6, 6.07) is 5.68. The number of hydrazine groups is 1. The number of amidine groups is 1. The van der Waals surface area contributed by atoms with Gasteiger partial charge in [0.15, 0.2) is 0 Å². The van der Waals surface area contributed by atoms with Gasteiger partial charge in [0.25, 0.3) is 0 Å². The quantitative estimate of drug-likeness (QED) is 0.216. The number of rotatable bonds is 4. The highest BCUT2D eigenvalue weighted by molar-refractivity contribution is 5.81. The van der Waals surface area contributed by atoms with Crippen molar-refractivity contribution in [3.63, 3.8) is 0 Å². The Kier molecular flexibility index (Phi) is 5.62. The largest absolute Gasteiger partial charge is 0.411 e. The summed E-state index contributed by atoms with van der Waals surface area (Å²) in [5.74, 6) is 5.47. The number of nitrogens with zero attached hydrogens (tertiary/aromatic N) is 3. The Bertz CT molecular complexity index is 548. The fourth-order valence-corrected chi connectivity index (χ4v) is 1.64. The molecule has 1 aromatic carbocycles. The lowest BCUT2D eigenvalue weighted by Gasteiger charge is -2.02. The summed E-state index contributed by atoms with van der Waals surface area (Å²) >= 11 is 0. The van der Waals surface area contributed by atoms with Crippen molar-refractivity contribution < 1.29 is 5.21 Å². The molecule has 7 nitrogen and oxygen atoms in total. The van der Waals surface area contributed by atoms with Crippen molar-refractivity contribution in [1.29, 1.82) is 0 Å². The first-order valence-corrected chi connectivity index (χ1v) is 6.14. The molecule has 0 fully saturated rings. The third kappa shape index (κ3) is 3.85. The highest BCUT2D eigenvalue weighted by atomic mass is 16.5. The fraction of sp³-hybridized carbons (Fsp3) is 0.333. The van der Waals surface area contributed by atoms with Gasteiger partial charge in [0.1, 0.15) is 11.4 Å². The van der Waals surface area contributed by atoms with Crippen molar-refractivity contribution in [2.75, 3.05) is 0 Å². The second-order valence-corrected chi connectivity index (χ2v) is 3.66. The van der Waals surface area contributed by atoms with Crippen molar-refractivity contribution in [3.8, 4) is 0 Å². The zero-order valence-corrected chi connectivity index (χ0v) is 11.2. The fourth-order valence-electron chi connectivity index (χ4n) is 1.64. The molecule has 0 radical (unpaired) electrons. The van der Waals surface area contributed by atoms with Crippen molar-refractivity contribution in [1.82, 2.24) is 15.5 Å². The first-order valence-electron chi connectivity index (χ1n) is 6.14. The molecule has 6 N–H and O–H groups in total. The summed E-state index contributed by atoms with van der Waals surface area (Å²) in [5, 5.41) is 17.7. The molecule has 7 heteroatoms. The number of nitrogens with one attached hydrogen (secondary N) is 1. The van der Waals surface area contributed by atoms with Crippen LogP contribution in [0, 0.1) is 0 Å². The second kappa shape index (κ2) is 7.22. The van der Waals surface area contributed by atoms with Crippen LogP contribution in [0.4, 0.5) is 0 Å². The average Bonchev–Trinajstić information content (AvgIpc) is 2.80. The molecule has 0 aliphatic rings. The lowest BCUT2D eigenvalue weighted by Crippen LogP contribution is -2.22. The van der Waals surface area contributed by atoms with Crippen LogP contribution in [0.2, 0.25) is 0 Å². The summed E-state index contributed by atoms with van der Waals surface area (Å²) in [7, 11) is 0. The molecule has 0 atom stereocenters. The number of hydrazone groups is 1. The van der Waals surface area contributed by atoms with E-state index in [2.05, 4.69) is 15.7 Å². The van der Waals surface area contributed by atoms with E-state index in [1.807, 2.05) is 32.0 Å². The van der Waals surface area contributed by atoms with E-state index >= 15 is 0 Å². The molecule has 0 aliphatic heterocycles. The highest BCUT2D eigenvalue weighted by Crippen LogP contribution is 2.15. The maximum Gasteiger partial charge on any atom is 0.121 e. The van der Waals surface area contributed by atoms with E-state index in [1.165, 1.54) is 0 Å². The molecule has 0 aliphatic carbocycles. The summed E-state index contributed by atoms with van der Waals surface area (Å²) in [5.41, 5.74) is 9.53. The normalized spacial score (nSPS) is 11.0. The van der Waals surface area contributed by atoms with Crippen molar-refractivity contribution in [3.05, 3.63) is 30.0 Å². The third-order valence-corrected chi connectivity index (χ3v) is 2.49. The first-order chi connectivity index (χ1) is 9.20. The molecule has 104 valence electrons. The Balaban J connectivity index is 0.000000861. The van der Waals surface area contributed by atoms with E-state index < -0.39 is 0 Å². The predicted molar refractivity (Wildman–Crippen MR) is 75.5 cm³/mol. The number of nitrogens with two attached hydrogens (primary N) is 2. The SMILES string of the molecule is CC.NN/N=C(\N)CCc1ccc2c(cnn2O)c1. The number of fused-ring (bicyclic) bond motifs is 1. The molecule has 0 saturated carbocycles. The number of aryl methyl sites for hydroxylation is 1. The van der Waals surface area contributed by atoms with Crippen molar-refractivity contribution in [2.24, 2.45) is 16.7 Å². The number of benzene rings is 1. The van der Waals surface area contributed by atoms with Crippen LogP contribution in [0.3, 0.4) is 0 Å². The van der Waals surface area contributed by atoms with E-state index in [9.17, 15) is 5.21 Å². The number of hydrogen-bond donors (Lipinski definition) is 4. The Morgan fingerprint density at radius 2 is 2.21 bits per heavy atom. The van der Waals surface area contributed by atoms with E-state index in [1.54, 1.807) is 6.20 Å². The highest BCUT2D eigenvalue weighted by Gasteiger charge is 2.03. The Morgan fingerprint density at radius 1 is 1.47 bits per heavy atom. The lowest BCUT2D eigenvalue weighted by atomic mass is 10.1. The van der Waals surface area contributed by atoms with Crippen LogP contribution in [0.15, 0.2) is 29.5 Å². The van der Waals surface area contributed by atoms with E-state index in [4.69, 9.17) is 11.6 Å². The minimum atomic E-state index is 0.449.